The second-order valence-corrected chi connectivity index (χ2v) is 1.34. The van der Waals surface area contributed by atoms with E-state index in [4.69, 9.17) is 14.4 Å². The maximum Gasteiger partial charge on any atom is 1.00 e. The molecule has 3 nitrogen and oxygen atoms in total. The number of rotatable bonds is 0. The fourth-order valence-corrected chi connectivity index (χ4v) is 0.482. The molecule has 4 heteroatoms. The molecule has 0 amide bonds. The Morgan fingerprint density at radius 1 is 1.00 bits per heavy atom. The zero-order valence-corrected chi connectivity index (χ0v) is 9.08. The summed E-state index contributed by atoms with van der Waals surface area (Å²) in [6.07, 6.45) is 11.5. The largest absolute Gasteiger partial charge is 1.00 e. The number of carbonyl (C=O) groups is 3. The Kier molecular flexibility index (Phi) is 76.0. The molecule has 0 atom stereocenters. The third-order valence-corrected chi connectivity index (χ3v) is 0.806. The van der Waals surface area contributed by atoms with Gasteiger partial charge in [-0.15, -0.1) is 6.42 Å². The van der Waals surface area contributed by atoms with Crippen molar-refractivity contribution in [1.29, 1.82) is 0 Å². The van der Waals surface area contributed by atoms with Crippen LogP contribution in [0, 0.1) is 6.08 Å². The molecule has 0 bridgehead atoms. The van der Waals surface area contributed by atoms with E-state index in [2.05, 4.69) is 12.2 Å². The van der Waals surface area contributed by atoms with Crippen molar-refractivity contribution >= 4 is 20.4 Å². The Hall–Kier alpha value is -0.887. The molecular formula is C9H13O3Ru. The van der Waals surface area contributed by atoms with Crippen molar-refractivity contribution in [2.24, 2.45) is 0 Å². The van der Waals surface area contributed by atoms with E-state index < -0.39 is 0 Å². The summed E-state index contributed by atoms with van der Waals surface area (Å²) >= 11 is 0. The number of allylic oxidation sites excluding steroid dienone is 4. The molecule has 1 aliphatic rings. The quantitative estimate of drug-likeness (QED) is 0.490. The summed E-state index contributed by atoms with van der Waals surface area (Å²) < 4.78 is 0. The zero-order chi connectivity index (χ0) is 10.2. The molecule has 75 valence electrons. The first kappa shape index (κ1) is 22.7. The molecule has 0 aromatic rings. The summed E-state index contributed by atoms with van der Waals surface area (Å²) in [5.41, 5.74) is 0. The Morgan fingerprint density at radius 3 is 1.54 bits per heavy atom. The van der Waals surface area contributed by atoms with Crippen molar-refractivity contribution in [2.75, 3.05) is 0 Å². The first-order chi connectivity index (χ1) is 6.00. The van der Waals surface area contributed by atoms with Gasteiger partial charge in [-0.1, -0.05) is 6.42 Å². The van der Waals surface area contributed by atoms with Gasteiger partial charge in [0.2, 0.25) is 0 Å². The van der Waals surface area contributed by atoms with Gasteiger partial charge in [0.15, 0.2) is 0 Å². The van der Waals surface area contributed by atoms with E-state index in [1.165, 1.54) is 6.42 Å². The van der Waals surface area contributed by atoms with E-state index in [1.54, 1.807) is 0 Å². The van der Waals surface area contributed by atoms with Gasteiger partial charge in [0, 0.05) is 0 Å². The van der Waals surface area contributed by atoms with Crippen molar-refractivity contribution in [2.45, 2.75) is 12.8 Å². The minimum absolute atomic E-state index is 0. The maximum atomic E-state index is 8.00. The van der Waals surface area contributed by atoms with E-state index in [9.17, 15) is 0 Å². The SMILES string of the molecule is C=O.C=O.C=O.[C-]1=CC=CCC1.[Ru+]. The molecule has 1 radical (unpaired) electrons. The smallest absolute Gasteiger partial charge is 0.307 e. The molecule has 0 aromatic heterocycles. The van der Waals surface area contributed by atoms with Crippen molar-refractivity contribution in [3.05, 3.63) is 24.3 Å². The molecule has 0 unspecified atom stereocenters. The van der Waals surface area contributed by atoms with Crippen molar-refractivity contribution in [1.82, 2.24) is 0 Å². The van der Waals surface area contributed by atoms with E-state index in [0.717, 1.165) is 6.42 Å². The maximum absolute atomic E-state index is 8.00. The summed E-state index contributed by atoms with van der Waals surface area (Å²) in [6.45, 7) is 6.00. The molecule has 0 heterocycles. The van der Waals surface area contributed by atoms with E-state index in [1.807, 2.05) is 32.5 Å². The third-order valence-electron chi connectivity index (χ3n) is 0.806. The van der Waals surface area contributed by atoms with Crippen LogP contribution in [0.15, 0.2) is 18.2 Å². The van der Waals surface area contributed by atoms with Crippen molar-refractivity contribution in [3.63, 3.8) is 0 Å². The predicted octanol–water partition coefficient (Wildman–Crippen LogP) is 1.14. The van der Waals surface area contributed by atoms with Gasteiger partial charge in [-0.2, -0.15) is 6.08 Å². The van der Waals surface area contributed by atoms with Crippen LogP contribution in [0.25, 0.3) is 0 Å². The third kappa shape index (κ3) is 35.3. The number of carbonyl (C=O) groups excluding carboxylic acids is 3. The second kappa shape index (κ2) is 43.5. The summed E-state index contributed by atoms with van der Waals surface area (Å²) in [6, 6.07) is 0. The minimum Gasteiger partial charge on any atom is -0.307 e. The molecule has 0 saturated heterocycles. The predicted molar refractivity (Wildman–Crippen MR) is 47.6 cm³/mol. The van der Waals surface area contributed by atoms with E-state index >= 15 is 0 Å². The monoisotopic (exact) mass is 271 g/mol. The van der Waals surface area contributed by atoms with Crippen LogP contribution in [-0.4, -0.2) is 20.4 Å². The minimum atomic E-state index is 0. The Balaban J connectivity index is -0.0000000508. The zero-order valence-electron chi connectivity index (χ0n) is 7.35. The van der Waals surface area contributed by atoms with Gasteiger partial charge in [-0.3, -0.25) is 6.08 Å². The van der Waals surface area contributed by atoms with Gasteiger partial charge < -0.3 is 14.4 Å². The van der Waals surface area contributed by atoms with Gasteiger partial charge in [0.25, 0.3) is 0 Å². The molecule has 0 N–H and O–H groups in total. The summed E-state index contributed by atoms with van der Waals surface area (Å²) in [7, 11) is 0. The van der Waals surface area contributed by atoms with Crippen LogP contribution in [-0.2, 0) is 33.9 Å². The normalized spacial score (nSPS) is 9.54. The Bertz CT molecular complexity index is 107. The molecule has 0 spiro atoms. The molecule has 1 aliphatic carbocycles. The van der Waals surface area contributed by atoms with E-state index in [-0.39, 0.29) is 19.5 Å². The van der Waals surface area contributed by atoms with Gasteiger partial charge in [-0.25, -0.2) is 12.2 Å². The van der Waals surface area contributed by atoms with Crippen LogP contribution < -0.4 is 0 Å². The van der Waals surface area contributed by atoms with Crippen LogP contribution in [0.4, 0.5) is 0 Å². The summed E-state index contributed by atoms with van der Waals surface area (Å²) in [4.78, 5) is 24.0. The molecule has 13 heavy (non-hydrogen) atoms. The van der Waals surface area contributed by atoms with Gasteiger partial charge in [-0.05, 0) is 0 Å². The van der Waals surface area contributed by atoms with E-state index in [0.29, 0.717) is 0 Å². The number of hydrogen-bond donors (Lipinski definition) is 0. The van der Waals surface area contributed by atoms with Crippen LogP contribution in [0.3, 0.4) is 0 Å². The Labute approximate surface area is 91.7 Å². The fourth-order valence-electron chi connectivity index (χ4n) is 0.482. The number of hydrogen-bond acceptors (Lipinski definition) is 3. The standard InChI is InChI=1S/C6H7.3CH2O.Ru/c1-2-4-6-5-3-1;3*1-2;/h1-3H,4,6H2;3*1H2;/q-1;;;;+1. The first-order valence-electron chi connectivity index (χ1n) is 3.08. The van der Waals surface area contributed by atoms with Gasteiger partial charge >= 0.3 is 19.5 Å². The topological polar surface area (TPSA) is 51.2 Å². The second-order valence-electron chi connectivity index (χ2n) is 1.34. The molecular weight excluding hydrogens is 257 g/mol. The average molecular weight is 270 g/mol. The molecule has 1 rings (SSSR count). The molecule has 0 aromatic carbocycles. The summed E-state index contributed by atoms with van der Waals surface area (Å²) in [5.74, 6) is 0. The molecule has 0 saturated carbocycles. The molecule has 0 aliphatic heterocycles. The molecule has 0 fully saturated rings. The van der Waals surface area contributed by atoms with Crippen molar-refractivity contribution in [3.8, 4) is 0 Å². The average Bonchev–Trinajstić information content (AvgIpc) is 2.29. The fraction of sp³-hybridized carbons (Fsp3) is 0.222. The van der Waals surface area contributed by atoms with Crippen LogP contribution in [0.5, 0.6) is 0 Å². The van der Waals surface area contributed by atoms with Gasteiger partial charge in [0.05, 0.1) is 0 Å². The summed E-state index contributed by atoms with van der Waals surface area (Å²) in [5, 5.41) is 0. The Morgan fingerprint density at radius 2 is 1.46 bits per heavy atom. The van der Waals surface area contributed by atoms with Crippen molar-refractivity contribution < 1.29 is 33.9 Å². The first-order valence-corrected chi connectivity index (χ1v) is 3.08. The van der Waals surface area contributed by atoms with Crippen LogP contribution in [0.1, 0.15) is 12.8 Å². The van der Waals surface area contributed by atoms with Crippen LogP contribution in [0.2, 0.25) is 0 Å². The van der Waals surface area contributed by atoms with Crippen LogP contribution >= 0.6 is 0 Å². The van der Waals surface area contributed by atoms with Gasteiger partial charge in [0.1, 0.15) is 20.4 Å².